The Bertz CT molecular complexity index is 60.0. The Morgan fingerprint density at radius 2 is 0.667 bits per heavy atom. The molecule has 8 nitrogen and oxygen atoms in total. The van der Waals surface area contributed by atoms with Gasteiger partial charge in [-0.15, -0.1) is 0 Å². The van der Waals surface area contributed by atoms with Crippen molar-refractivity contribution in [3.63, 3.8) is 0 Å². The SMILES string of the molecule is [Ag+].[O-][I+3]([O-])([O-])O.[O-][I+3]([O-])([O-])O.[Sr+2]. The summed E-state index contributed by atoms with van der Waals surface area (Å²) in [6, 6.07) is 0. The fraction of sp³-hybridized carbons (Fsp3) is 0. The summed E-state index contributed by atoms with van der Waals surface area (Å²) in [6.07, 6.45) is 0. The van der Waals surface area contributed by atoms with Crippen LogP contribution in [0.15, 0.2) is 0 Å². The van der Waals surface area contributed by atoms with Gasteiger partial charge in [-0.3, -0.25) is 20.6 Å². The molecule has 12 heteroatoms. The predicted molar refractivity (Wildman–Crippen MR) is 10.2 cm³/mol. The second-order valence-electron chi connectivity index (χ2n) is 0.792. The van der Waals surface area contributed by atoms with Gasteiger partial charge in [0.2, 0.25) is 0 Å². The molecule has 0 saturated heterocycles. The molecule has 0 unspecified atom stereocenters. The van der Waals surface area contributed by atoms with Crippen LogP contribution in [-0.4, -0.2) is 52.4 Å². The molecule has 0 saturated carbocycles. The van der Waals surface area contributed by atoms with Crippen molar-refractivity contribution >= 4 is 45.5 Å². The van der Waals surface area contributed by atoms with Crippen molar-refractivity contribution in [2.75, 3.05) is 0 Å². The van der Waals surface area contributed by atoms with E-state index < -0.39 is 40.2 Å². The molecule has 0 spiro atoms. The van der Waals surface area contributed by atoms with Gasteiger partial charge in [0, 0.05) is 6.87 Å². The van der Waals surface area contributed by atoms with Gasteiger partial charge in [0.25, 0.3) is 0 Å². The Balaban J connectivity index is -0.0000000457. The molecule has 0 aliphatic heterocycles. The van der Waals surface area contributed by atoms with Crippen LogP contribution in [0.1, 0.15) is 0 Å². The summed E-state index contributed by atoms with van der Waals surface area (Å²) < 4.78 is 66.4. The molecular formula is H2AgI2O8Sr+3. The van der Waals surface area contributed by atoms with Crippen molar-refractivity contribution in [1.82, 2.24) is 0 Å². The van der Waals surface area contributed by atoms with Crippen LogP contribution < -0.4 is 60.8 Å². The van der Waals surface area contributed by atoms with E-state index in [0.29, 0.717) is 0 Å². The van der Waals surface area contributed by atoms with E-state index in [0.717, 1.165) is 0 Å². The third kappa shape index (κ3) is 181. The number of hydrogen-bond acceptors (Lipinski definition) is 8. The summed E-state index contributed by atoms with van der Waals surface area (Å²) in [6.45, 7) is 0. The molecule has 74 valence electrons. The molecule has 2 N–H and O–H groups in total. The zero-order valence-corrected chi connectivity index (χ0v) is 14.4. The minimum absolute atomic E-state index is 0. The van der Waals surface area contributed by atoms with Crippen molar-refractivity contribution < 1.29 is 90.1 Å². The molecular weight excluding hydrogens is 577 g/mol. The molecule has 0 radical (unpaired) electrons. The van der Waals surface area contributed by atoms with Gasteiger partial charge in [-0.1, -0.05) is 0 Å². The summed E-state index contributed by atoms with van der Waals surface area (Å²) in [5.74, 6) is 0. The van der Waals surface area contributed by atoms with Crippen LogP contribution >= 0.6 is 0 Å². The first kappa shape index (κ1) is 24.5. The molecule has 0 aromatic rings. The Hall–Kier alpha value is 3.36. The first-order chi connectivity index (χ1) is 4.00. The molecule has 0 fully saturated rings. The topological polar surface area (TPSA) is 179 Å². The Morgan fingerprint density at radius 1 is 0.667 bits per heavy atom. The fourth-order valence-electron chi connectivity index (χ4n) is 0. The zero-order chi connectivity index (χ0) is 9.00. The maximum Gasteiger partial charge on any atom is 2.00 e. The second-order valence-corrected chi connectivity index (χ2v) is 5.31. The zero-order valence-electron chi connectivity index (χ0n) is 5.11. The molecule has 0 amide bonds. The van der Waals surface area contributed by atoms with Crippen LogP contribution in [-0.2, 0) is 22.4 Å². The Morgan fingerprint density at radius 3 is 0.667 bits per heavy atom. The van der Waals surface area contributed by atoms with Crippen LogP contribution in [0.25, 0.3) is 0 Å². The molecule has 0 aliphatic carbocycles. The first-order valence-corrected chi connectivity index (χ1v) is 8.48. The average Bonchev–Trinajstić information content (AvgIpc) is 1.12. The van der Waals surface area contributed by atoms with E-state index in [-0.39, 0.29) is 67.9 Å². The van der Waals surface area contributed by atoms with Crippen LogP contribution in [0.4, 0.5) is 0 Å². The van der Waals surface area contributed by atoms with Crippen molar-refractivity contribution in [3.05, 3.63) is 0 Å². The quantitative estimate of drug-likeness (QED) is 0.210. The summed E-state index contributed by atoms with van der Waals surface area (Å²) in [5, 5.41) is 0. The minimum atomic E-state index is -5.69. The normalized spacial score (nSPS) is 10.0. The van der Waals surface area contributed by atoms with E-state index in [2.05, 4.69) is 0 Å². The summed E-state index contributed by atoms with van der Waals surface area (Å²) in [4.78, 5) is 0. The standard InChI is InChI=1S/Ag.2HIO4.Sr/c;2*2-1(3,4)5;/h;2*2H;/q+1;;;+2. The second kappa shape index (κ2) is 10.9. The van der Waals surface area contributed by atoms with Gasteiger partial charge in [0.05, 0.1) is 0 Å². The van der Waals surface area contributed by atoms with Gasteiger partial charge in [-0.2, -0.15) is 0 Å². The molecule has 0 heterocycles. The Labute approximate surface area is 132 Å². The molecule has 0 rings (SSSR count). The molecule has 0 aromatic heterocycles. The van der Waals surface area contributed by atoms with Gasteiger partial charge in [-0.05, 0) is 0 Å². The maximum atomic E-state index is 8.73. The van der Waals surface area contributed by atoms with Crippen molar-refractivity contribution in [3.8, 4) is 0 Å². The Kier molecular flexibility index (Phi) is 22.2. The average molecular weight is 579 g/mol. The molecule has 0 aliphatic rings. The van der Waals surface area contributed by atoms with E-state index in [9.17, 15) is 0 Å². The molecule has 0 atom stereocenters. The smallest absolute Gasteiger partial charge is 0.256 e. The largest absolute Gasteiger partial charge is 2.00 e. The van der Waals surface area contributed by atoms with E-state index >= 15 is 0 Å². The van der Waals surface area contributed by atoms with Crippen molar-refractivity contribution in [2.45, 2.75) is 0 Å². The van der Waals surface area contributed by atoms with Crippen LogP contribution in [0.5, 0.6) is 0 Å². The maximum absolute atomic E-state index is 8.73. The van der Waals surface area contributed by atoms with Gasteiger partial charge in [-0.25, -0.2) is 0 Å². The van der Waals surface area contributed by atoms with E-state index in [1.807, 2.05) is 0 Å². The summed E-state index contributed by atoms with van der Waals surface area (Å²) in [7, 11) is 0. The van der Waals surface area contributed by atoms with E-state index in [1.165, 1.54) is 0 Å². The summed E-state index contributed by atoms with van der Waals surface area (Å²) in [5.41, 5.74) is 0. The van der Waals surface area contributed by atoms with Gasteiger partial charge < -0.3 is 0 Å². The summed E-state index contributed by atoms with van der Waals surface area (Å²) >= 11 is -11.4. The third-order valence-electron chi connectivity index (χ3n) is 0. The number of rotatable bonds is 0. The molecule has 12 heavy (non-hydrogen) atoms. The van der Waals surface area contributed by atoms with Crippen LogP contribution in [0.2, 0.25) is 0 Å². The first-order valence-electron chi connectivity index (χ1n) is 1.26. The van der Waals surface area contributed by atoms with E-state index in [1.54, 1.807) is 0 Å². The van der Waals surface area contributed by atoms with Crippen LogP contribution in [0, 0.1) is 0 Å². The molecule has 0 aromatic carbocycles. The number of halogens is 2. The minimum Gasteiger partial charge on any atom is -0.256 e. The van der Waals surface area contributed by atoms with Gasteiger partial charge >= 0.3 is 108 Å². The number of hydrogen-bond donors (Lipinski definition) is 2. The van der Waals surface area contributed by atoms with Gasteiger partial charge in [0.15, 0.2) is 0 Å². The monoisotopic (exact) mass is 579 g/mol. The van der Waals surface area contributed by atoms with Crippen LogP contribution in [0.3, 0.4) is 0 Å². The van der Waals surface area contributed by atoms with Crippen molar-refractivity contribution in [2.24, 2.45) is 0 Å². The van der Waals surface area contributed by atoms with E-state index in [4.69, 9.17) is 27.5 Å². The van der Waals surface area contributed by atoms with Crippen molar-refractivity contribution in [1.29, 1.82) is 0 Å². The van der Waals surface area contributed by atoms with Gasteiger partial charge in [0.1, 0.15) is 0 Å². The molecule has 0 bridgehead atoms. The predicted octanol–water partition coefficient (Wildman–Crippen LogP) is -14.6. The fourth-order valence-corrected chi connectivity index (χ4v) is 0. The third-order valence-corrected chi connectivity index (χ3v) is 0.